The molecule has 0 amide bonds. The molecule has 1 N–H and O–H groups in total. The molecule has 0 radical (unpaired) electrons. The molecule has 84 valence electrons. The maximum Gasteiger partial charge on any atom is 0.144 e. The van der Waals surface area contributed by atoms with Crippen LogP contribution in [0.1, 0.15) is 27.2 Å². The van der Waals surface area contributed by atoms with Gasteiger partial charge in [-0.05, 0) is 33.8 Å². The Balaban J connectivity index is 2.51. The summed E-state index contributed by atoms with van der Waals surface area (Å²) in [6.45, 7) is 7.53. The maximum absolute atomic E-state index is 6.02. The summed E-state index contributed by atoms with van der Waals surface area (Å²) in [4.78, 5) is 4.21. The van der Waals surface area contributed by atoms with Gasteiger partial charge in [0.25, 0.3) is 0 Å². The Morgan fingerprint density at radius 2 is 2.13 bits per heavy atom. The highest BCUT2D eigenvalue weighted by molar-refractivity contribution is 9.10. The number of halogens is 2. The van der Waals surface area contributed by atoms with Gasteiger partial charge in [0.1, 0.15) is 5.82 Å². The van der Waals surface area contributed by atoms with Gasteiger partial charge in [-0.3, -0.25) is 0 Å². The molecule has 0 aliphatic rings. The van der Waals surface area contributed by atoms with Crippen molar-refractivity contribution < 1.29 is 0 Å². The van der Waals surface area contributed by atoms with E-state index in [1.165, 1.54) is 0 Å². The lowest BCUT2D eigenvalue weighted by Crippen LogP contribution is -2.13. The average molecular weight is 292 g/mol. The van der Waals surface area contributed by atoms with Crippen molar-refractivity contribution in [3.8, 4) is 0 Å². The highest BCUT2D eigenvalue weighted by atomic mass is 79.9. The predicted octanol–water partition coefficient (Wildman–Crippen LogP) is 4.35. The molecule has 2 nitrogen and oxygen atoms in total. The van der Waals surface area contributed by atoms with Crippen molar-refractivity contribution >= 4 is 33.3 Å². The van der Waals surface area contributed by atoms with Crippen LogP contribution >= 0.6 is 27.5 Å². The van der Waals surface area contributed by atoms with E-state index in [0.29, 0.717) is 10.4 Å². The van der Waals surface area contributed by atoms with Crippen molar-refractivity contribution in [1.29, 1.82) is 0 Å². The van der Waals surface area contributed by atoms with E-state index in [-0.39, 0.29) is 0 Å². The standard InChI is InChI=1S/C11H16BrClN2/c1-11(2,3)4-5-14-10-9(13)6-8(12)7-15-10/h6-7H,4-5H2,1-3H3,(H,14,15). The summed E-state index contributed by atoms with van der Waals surface area (Å²) in [5.41, 5.74) is 0.328. The van der Waals surface area contributed by atoms with Crippen LogP contribution in [0.3, 0.4) is 0 Å². The van der Waals surface area contributed by atoms with E-state index in [4.69, 9.17) is 11.6 Å². The second kappa shape index (κ2) is 5.17. The van der Waals surface area contributed by atoms with Gasteiger partial charge in [-0.15, -0.1) is 0 Å². The van der Waals surface area contributed by atoms with Crippen LogP contribution in [0.15, 0.2) is 16.7 Å². The van der Waals surface area contributed by atoms with Crippen molar-refractivity contribution in [2.75, 3.05) is 11.9 Å². The first kappa shape index (κ1) is 12.8. The molecule has 1 aromatic rings. The van der Waals surface area contributed by atoms with Gasteiger partial charge in [0.05, 0.1) is 5.02 Å². The minimum Gasteiger partial charge on any atom is -0.369 e. The minimum atomic E-state index is 0.328. The van der Waals surface area contributed by atoms with Gasteiger partial charge in [-0.2, -0.15) is 0 Å². The van der Waals surface area contributed by atoms with Crippen LogP contribution < -0.4 is 5.32 Å². The summed E-state index contributed by atoms with van der Waals surface area (Å²) in [5.74, 6) is 0.754. The molecule has 0 fully saturated rings. The normalized spacial score (nSPS) is 11.5. The highest BCUT2D eigenvalue weighted by Crippen LogP contribution is 2.24. The van der Waals surface area contributed by atoms with Gasteiger partial charge in [0, 0.05) is 17.2 Å². The third kappa shape index (κ3) is 4.85. The molecule has 0 aromatic carbocycles. The summed E-state index contributed by atoms with van der Waals surface area (Å²) in [6, 6.07) is 1.84. The summed E-state index contributed by atoms with van der Waals surface area (Å²) in [6.07, 6.45) is 2.83. The second-order valence-corrected chi connectivity index (χ2v) is 6.04. The van der Waals surface area contributed by atoms with Crippen LogP contribution in [0.5, 0.6) is 0 Å². The fraction of sp³-hybridized carbons (Fsp3) is 0.545. The third-order valence-electron chi connectivity index (χ3n) is 1.98. The Morgan fingerprint density at radius 1 is 1.47 bits per heavy atom. The molecule has 0 bridgehead atoms. The fourth-order valence-corrected chi connectivity index (χ4v) is 1.80. The number of nitrogens with zero attached hydrogens (tertiary/aromatic N) is 1. The molecular formula is C11H16BrClN2. The fourth-order valence-electron chi connectivity index (χ4n) is 1.10. The molecular weight excluding hydrogens is 275 g/mol. The Hall–Kier alpha value is -0.280. The lowest BCUT2D eigenvalue weighted by molar-refractivity contribution is 0.389. The third-order valence-corrected chi connectivity index (χ3v) is 2.70. The van der Waals surface area contributed by atoms with Crippen LogP contribution in [0.2, 0.25) is 5.02 Å². The summed E-state index contributed by atoms with van der Waals surface area (Å²) < 4.78 is 0.897. The Bertz CT molecular complexity index is 334. The molecule has 15 heavy (non-hydrogen) atoms. The zero-order valence-electron chi connectivity index (χ0n) is 9.27. The van der Waals surface area contributed by atoms with Crippen molar-refractivity contribution in [3.63, 3.8) is 0 Å². The summed E-state index contributed by atoms with van der Waals surface area (Å²) >= 11 is 9.35. The first-order valence-corrected chi connectivity index (χ1v) is 6.10. The number of nitrogens with one attached hydrogen (secondary N) is 1. The first-order chi connectivity index (χ1) is 6.88. The van der Waals surface area contributed by atoms with Gasteiger partial charge in [0.2, 0.25) is 0 Å². The molecule has 1 heterocycles. The number of rotatable bonds is 3. The topological polar surface area (TPSA) is 24.9 Å². The van der Waals surface area contributed by atoms with Crippen molar-refractivity contribution in [2.24, 2.45) is 5.41 Å². The number of hydrogen-bond acceptors (Lipinski definition) is 2. The molecule has 0 spiro atoms. The quantitative estimate of drug-likeness (QED) is 0.896. The predicted molar refractivity (Wildman–Crippen MR) is 69.5 cm³/mol. The molecule has 0 saturated heterocycles. The monoisotopic (exact) mass is 290 g/mol. The summed E-state index contributed by atoms with van der Waals surface area (Å²) in [7, 11) is 0. The van der Waals surface area contributed by atoms with Gasteiger partial charge < -0.3 is 5.32 Å². The van der Waals surface area contributed by atoms with Crippen LogP contribution in [0.25, 0.3) is 0 Å². The first-order valence-electron chi connectivity index (χ1n) is 4.93. The van der Waals surface area contributed by atoms with E-state index in [9.17, 15) is 0 Å². The molecule has 0 aliphatic carbocycles. The van der Waals surface area contributed by atoms with E-state index in [1.54, 1.807) is 6.20 Å². The zero-order chi connectivity index (χ0) is 11.5. The van der Waals surface area contributed by atoms with Crippen molar-refractivity contribution in [3.05, 3.63) is 21.8 Å². The Kier molecular flexibility index (Phi) is 4.41. The Morgan fingerprint density at radius 3 is 2.67 bits per heavy atom. The molecule has 0 unspecified atom stereocenters. The van der Waals surface area contributed by atoms with Gasteiger partial charge in [0.15, 0.2) is 0 Å². The Labute approximate surface area is 105 Å². The highest BCUT2D eigenvalue weighted by Gasteiger charge is 2.10. The number of aromatic nitrogens is 1. The summed E-state index contributed by atoms with van der Waals surface area (Å²) in [5, 5.41) is 3.88. The molecule has 0 aliphatic heterocycles. The zero-order valence-corrected chi connectivity index (χ0v) is 11.6. The molecule has 1 aromatic heterocycles. The maximum atomic E-state index is 6.02. The van der Waals surface area contributed by atoms with E-state index in [2.05, 4.69) is 47.0 Å². The van der Waals surface area contributed by atoms with Gasteiger partial charge in [-0.25, -0.2) is 4.98 Å². The lowest BCUT2D eigenvalue weighted by atomic mass is 9.92. The van der Waals surface area contributed by atoms with E-state index in [1.807, 2.05) is 6.07 Å². The van der Waals surface area contributed by atoms with Crippen LogP contribution in [-0.2, 0) is 0 Å². The van der Waals surface area contributed by atoms with Crippen LogP contribution in [-0.4, -0.2) is 11.5 Å². The molecule has 0 saturated carbocycles. The van der Waals surface area contributed by atoms with Crippen molar-refractivity contribution in [1.82, 2.24) is 4.98 Å². The lowest BCUT2D eigenvalue weighted by Gasteiger charge is -2.18. The van der Waals surface area contributed by atoms with Crippen molar-refractivity contribution in [2.45, 2.75) is 27.2 Å². The van der Waals surface area contributed by atoms with E-state index >= 15 is 0 Å². The smallest absolute Gasteiger partial charge is 0.144 e. The second-order valence-electron chi connectivity index (χ2n) is 4.72. The number of anilines is 1. The average Bonchev–Trinajstić information content (AvgIpc) is 2.07. The van der Waals surface area contributed by atoms with Crippen LogP contribution in [0.4, 0.5) is 5.82 Å². The number of hydrogen-bond donors (Lipinski definition) is 1. The SMILES string of the molecule is CC(C)(C)CCNc1ncc(Br)cc1Cl. The van der Waals surface area contributed by atoms with Gasteiger partial charge >= 0.3 is 0 Å². The molecule has 1 rings (SSSR count). The largest absolute Gasteiger partial charge is 0.369 e. The van der Waals surface area contributed by atoms with E-state index in [0.717, 1.165) is 23.3 Å². The molecule has 4 heteroatoms. The van der Waals surface area contributed by atoms with E-state index < -0.39 is 0 Å². The number of pyridine rings is 1. The van der Waals surface area contributed by atoms with Gasteiger partial charge in [-0.1, -0.05) is 32.4 Å². The molecule has 0 atom stereocenters. The van der Waals surface area contributed by atoms with Crippen LogP contribution in [0, 0.1) is 5.41 Å². The minimum absolute atomic E-state index is 0.328.